The number of ether oxygens (including phenoxy) is 1. The third-order valence-corrected chi connectivity index (χ3v) is 5.65. The van der Waals surface area contributed by atoms with Crippen LogP contribution >= 0.6 is 0 Å². The van der Waals surface area contributed by atoms with Gasteiger partial charge in [0.25, 0.3) is 5.91 Å². The fraction of sp³-hybridized carbons (Fsp3) is 0.600. The van der Waals surface area contributed by atoms with Gasteiger partial charge >= 0.3 is 0 Å². The Bertz CT molecular complexity index is 690. The number of hydrogen-bond acceptors (Lipinski definition) is 4. The van der Waals surface area contributed by atoms with E-state index in [0.717, 1.165) is 31.4 Å². The minimum atomic E-state index is -0.0606. The molecule has 0 bridgehead atoms. The molecule has 6 heteroatoms. The highest BCUT2D eigenvalue weighted by atomic mass is 16.5. The van der Waals surface area contributed by atoms with Gasteiger partial charge in [-0.15, -0.1) is 0 Å². The number of β-amino-alcohol motifs (C(OH)–C–C–N with tert-alkyl or cyclic N) is 1. The molecule has 0 saturated carbocycles. The van der Waals surface area contributed by atoms with Gasteiger partial charge in [-0.25, -0.2) is 0 Å². The Hall–Kier alpha value is -2.08. The minimum absolute atomic E-state index is 0.00784. The molecule has 2 amide bonds. The van der Waals surface area contributed by atoms with E-state index in [2.05, 4.69) is 0 Å². The van der Waals surface area contributed by atoms with Crippen LogP contribution in [-0.4, -0.2) is 66.6 Å². The Morgan fingerprint density at radius 3 is 2.85 bits per heavy atom. The van der Waals surface area contributed by atoms with Crippen LogP contribution in [0.5, 0.6) is 5.75 Å². The number of carbonyl (C=O) groups excluding carboxylic acids is 2. The summed E-state index contributed by atoms with van der Waals surface area (Å²) in [6.07, 6.45) is 3.25. The summed E-state index contributed by atoms with van der Waals surface area (Å²) in [6, 6.07) is 5.65. The van der Waals surface area contributed by atoms with Gasteiger partial charge in [0.1, 0.15) is 5.75 Å². The van der Waals surface area contributed by atoms with Gasteiger partial charge in [-0.05, 0) is 43.9 Å². The molecule has 2 aliphatic rings. The summed E-state index contributed by atoms with van der Waals surface area (Å²) in [5.41, 5.74) is 1.59. The molecule has 3 rings (SSSR count). The Labute approximate surface area is 154 Å². The highest BCUT2D eigenvalue weighted by Gasteiger charge is 2.42. The zero-order valence-electron chi connectivity index (χ0n) is 15.7. The average Bonchev–Trinajstić information content (AvgIpc) is 2.64. The monoisotopic (exact) mass is 360 g/mol. The maximum absolute atomic E-state index is 13.1. The van der Waals surface area contributed by atoms with E-state index in [9.17, 15) is 14.7 Å². The molecule has 2 saturated heterocycles. The Kier molecular flexibility index (Phi) is 5.51. The summed E-state index contributed by atoms with van der Waals surface area (Å²) in [5, 5.41) is 9.22. The molecule has 0 unspecified atom stereocenters. The van der Waals surface area contributed by atoms with Gasteiger partial charge in [0.15, 0.2) is 0 Å². The molecule has 1 N–H and O–H groups in total. The zero-order valence-corrected chi connectivity index (χ0v) is 15.7. The van der Waals surface area contributed by atoms with Gasteiger partial charge in [-0.1, -0.05) is 6.07 Å². The number of carbonyl (C=O) groups is 2. The molecule has 142 valence electrons. The standard InChI is InChI=1S/C20H28N2O4/c1-15-4-5-16(17(12-15)26-2)19(25)22-9-3-7-20(14-22)8-6-18(24)21(13-20)10-11-23/h4-5,12,23H,3,6-11,13-14H2,1-2H3/t20-/m0/s1. The van der Waals surface area contributed by atoms with Crippen LogP contribution in [0.15, 0.2) is 18.2 Å². The molecule has 6 nitrogen and oxygen atoms in total. The van der Waals surface area contributed by atoms with Crippen molar-refractivity contribution in [2.75, 3.05) is 39.9 Å². The molecule has 1 atom stereocenters. The van der Waals surface area contributed by atoms with Gasteiger partial charge in [-0.2, -0.15) is 0 Å². The molecule has 2 aliphatic heterocycles. The fourth-order valence-corrected chi connectivity index (χ4v) is 4.29. The van der Waals surface area contributed by atoms with E-state index < -0.39 is 0 Å². The summed E-state index contributed by atoms with van der Waals surface area (Å²) < 4.78 is 5.41. The Morgan fingerprint density at radius 1 is 1.31 bits per heavy atom. The molecular formula is C20H28N2O4. The van der Waals surface area contributed by atoms with E-state index in [-0.39, 0.29) is 23.8 Å². The van der Waals surface area contributed by atoms with Crippen LogP contribution < -0.4 is 4.74 Å². The van der Waals surface area contributed by atoms with Crippen LogP contribution in [0, 0.1) is 12.3 Å². The molecule has 0 aromatic heterocycles. The van der Waals surface area contributed by atoms with Crippen molar-refractivity contribution in [2.24, 2.45) is 5.41 Å². The lowest BCUT2D eigenvalue weighted by molar-refractivity contribution is -0.139. The smallest absolute Gasteiger partial charge is 0.257 e. The van der Waals surface area contributed by atoms with Gasteiger partial charge in [0.2, 0.25) is 5.91 Å². The third-order valence-electron chi connectivity index (χ3n) is 5.65. The fourth-order valence-electron chi connectivity index (χ4n) is 4.29. The van der Waals surface area contributed by atoms with E-state index in [1.807, 2.05) is 30.0 Å². The van der Waals surface area contributed by atoms with Gasteiger partial charge in [-0.3, -0.25) is 9.59 Å². The normalized spacial score (nSPS) is 23.4. The summed E-state index contributed by atoms with van der Waals surface area (Å²) >= 11 is 0. The van der Waals surface area contributed by atoms with Crippen molar-refractivity contribution < 1.29 is 19.4 Å². The molecule has 1 aromatic carbocycles. The number of likely N-dealkylation sites (tertiary alicyclic amines) is 2. The first-order chi connectivity index (χ1) is 12.5. The molecule has 26 heavy (non-hydrogen) atoms. The predicted octanol–water partition coefficient (Wildman–Crippen LogP) is 1.84. The van der Waals surface area contributed by atoms with Crippen molar-refractivity contribution in [1.29, 1.82) is 0 Å². The lowest BCUT2D eigenvalue weighted by Crippen LogP contribution is -2.55. The Balaban J connectivity index is 1.78. The van der Waals surface area contributed by atoms with Crippen LogP contribution in [0.4, 0.5) is 0 Å². The van der Waals surface area contributed by atoms with Crippen molar-refractivity contribution in [3.63, 3.8) is 0 Å². The van der Waals surface area contributed by atoms with Gasteiger partial charge in [0.05, 0.1) is 19.3 Å². The molecule has 2 fully saturated rings. The topological polar surface area (TPSA) is 70.1 Å². The first-order valence-corrected chi connectivity index (χ1v) is 9.30. The highest BCUT2D eigenvalue weighted by molar-refractivity contribution is 5.97. The zero-order chi connectivity index (χ0) is 18.7. The van der Waals surface area contributed by atoms with E-state index in [4.69, 9.17) is 4.74 Å². The van der Waals surface area contributed by atoms with Crippen molar-refractivity contribution >= 4 is 11.8 Å². The lowest BCUT2D eigenvalue weighted by atomic mass is 9.73. The van der Waals surface area contributed by atoms with Gasteiger partial charge < -0.3 is 19.6 Å². The van der Waals surface area contributed by atoms with E-state index in [1.54, 1.807) is 12.0 Å². The van der Waals surface area contributed by atoms with Crippen LogP contribution in [0.3, 0.4) is 0 Å². The van der Waals surface area contributed by atoms with Gasteiger partial charge in [0, 0.05) is 38.0 Å². The van der Waals surface area contributed by atoms with Crippen molar-refractivity contribution in [3.05, 3.63) is 29.3 Å². The largest absolute Gasteiger partial charge is 0.496 e. The first-order valence-electron chi connectivity index (χ1n) is 9.30. The summed E-state index contributed by atoms with van der Waals surface area (Å²) in [6.45, 7) is 4.33. The molecule has 0 radical (unpaired) electrons. The number of aliphatic hydroxyl groups is 1. The SMILES string of the molecule is COc1cc(C)ccc1C(=O)N1CCC[C@@]2(CCC(=O)N(CCO)C2)C1. The summed E-state index contributed by atoms with van der Waals surface area (Å²) in [7, 11) is 1.59. The predicted molar refractivity (Wildman–Crippen MR) is 98.2 cm³/mol. The summed E-state index contributed by atoms with van der Waals surface area (Å²) in [5.74, 6) is 0.704. The second kappa shape index (κ2) is 7.66. The maximum Gasteiger partial charge on any atom is 0.257 e. The quantitative estimate of drug-likeness (QED) is 0.889. The number of benzene rings is 1. The molecular weight excluding hydrogens is 332 g/mol. The average molecular weight is 360 g/mol. The second-order valence-electron chi connectivity index (χ2n) is 7.57. The van der Waals surface area contributed by atoms with Crippen molar-refractivity contribution in [3.8, 4) is 5.75 Å². The number of hydrogen-bond donors (Lipinski definition) is 1. The summed E-state index contributed by atoms with van der Waals surface area (Å²) in [4.78, 5) is 28.9. The lowest BCUT2D eigenvalue weighted by Gasteiger charge is -2.48. The van der Waals surface area contributed by atoms with Crippen molar-refractivity contribution in [2.45, 2.75) is 32.6 Å². The molecule has 2 heterocycles. The number of amides is 2. The van der Waals surface area contributed by atoms with Crippen LogP contribution in [-0.2, 0) is 4.79 Å². The number of methoxy groups -OCH3 is 1. The molecule has 0 aliphatic carbocycles. The minimum Gasteiger partial charge on any atom is -0.496 e. The van der Waals surface area contributed by atoms with E-state index >= 15 is 0 Å². The number of aliphatic hydroxyl groups excluding tert-OH is 1. The van der Waals surface area contributed by atoms with E-state index in [0.29, 0.717) is 37.4 Å². The van der Waals surface area contributed by atoms with Crippen LogP contribution in [0.1, 0.15) is 41.6 Å². The third kappa shape index (κ3) is 3.70. The van der Waals surface area contributed by atoms with Crippen LogP contribution in [0.25, 0.3) is 0 Å². The van der Waals surface area contributed by atoms with E-state index in [1.165, 1.54) is 0 Å². The number of piperidine rings is 2. The number of rotatable bonds is 4. The maximum atomic E-state index is 13.1. The first kappa shape index (κ1) is 18.7. The molecule has 1 spiro atoms. The molecule has 1 aromatic rings. The highest BCUT2D eigenvalue weighted by Crippen LogP contribution is 2.39. The van der Waals surface area contributed by atoms with Crippen molar-refractivity contribution in [1.82, 2.24) is 9.80 Å². The number of aryl methyl sites for hydroxylation is 1. The Morgan fingerprint density at radius 2 is 2.12 bits per heavy atom. The second-order valence-corrected chi connectivity index (χ2v) is 7.57. The number of nitrogens with zero attached hydrogens (tertiary/aromatic N) is 2. The van der Waals surface area contributed by atoms with Crippen LogP contribution in [0.2, 0.25) is 0 Å².